The second-order valence-electron chi connectivity index (χ2n) is 23.7. The summed E-state index contributed by atoms with van der Waals surface area (Å²) in [4.78, 5) is 0. The van der Waals surface area contributed by atoms with Crippen molar-refractivity contribution >= 4 is 95.0 Å². The van der Waals surface area contributed by atoms with E-state index in [-0.39, 0.29) is 5.41 Å². The van der Waals surface area contributed by atoms with E-state index < -0.39 is 0 Å². The lowest BCUT2D eigenvalue weighted by molar-refractivity contribution is 0.661. The minimum Gasteiger partial charge on any atom is -0.309 e. The normalized spacial score (nSPS) is 13.3. The summed E-state index contributed by atoms with van der Waals surface area (Å²) < 4.78 is 4.84. The molecule has 0 unspecified atom stereocenters. The zero-order valence-corrected chi connectivity index (χ0v) is 47.3. The van der Waals surface area contributed by atoms with E-state index in [4.69, 9.17) is 6.58 Å². The summed E-state index contributed by atoms with van der Waals surface area (Å²) in [6.45, 7) is 9.51. The minimum atomic E-state index is -0.174. The first-order valence-electron chi connectivity index (χ1n) is 29.6. The van der Waals surface area contributed by atoms with Gasteiger partial charge in [-0.15, -0.1) is 0 Å². The molecule has 2 aliphatic rings. The molecule has 85 heavy (non-hydrogen) atoms. The van der Waals surface area contributed by atoms with E-state index in [0.29, 0.717) is 0 Å². The fourth-order valence-corrected chi connectivity index (χ4v) is 14.3. The first-order valence-corrected chi connectivity index (χ1v) is 29.6. The maximum Gasteiger partial charge on any atom is 0.0541 e. The molecule has 398 valence electrons. The maximum atomic E-state index is 4.74. The molecule has 0 bridgehead atoms. The average molecular weight is 1080 g/mol. The zero-order chi connectivity index (χ0) is 56.5. The quantitative estimate of drug-likeness (QED) is 0.134. The Bertz CT molecular complexity index is 5370. The van der Waals surface area contributed by atoms with Gasteiger partial charge in [0.25, 0.3) is 0 Å². The monoisotopic (exact) mass is 1080 g/mol. The van der Waals surface area contributed by atoms with Crippen LogP contribution in [0.2, 0.25) is 0 Å². The largest absolute Gasteiger partial charge is 0.309 e. The number of hydrogen-bond donors (Lipinski definition) is 0. The van der Waals surface area contributed by atoms with E-state index in [2.05, 4.69) is 314 Å². The lowest BCUT2D eigenvalue weighted by Crippen LogP contribution is -2.15. The maximum absolute atomic E-state index is 4.74. The molecule has 17 rings (SSSR count). The molecule has 2 aromatic heterocycles. The molecular formula is C83H56N2. The Hall–Kier alpha value is -10.8. The predicted molar refractivity (Wildman–Crippen MR) is 363 cm³/mol. The number of hydrogen-bond acceptors (Lipinski definition) is 0. The Morgan fingerprint density at radius 3 is 1.25 bits per heavy atom. The Kier molecular flexibility index (Phi) is 10.8. The molecular weight excluding hydrogens is 1020 g/mol. The summed E-state index contributed by atoms with van der Waals surface area (Å²) in [5.41, 5.74) is 28.0. The SMILES string of the molecule is C=C1c2cc(-c3ccc(/C=C/c4ccc5c(c4)c4ccccc4n5-c4cccc5ccccc45)cc3)ccc2-c2cc3c(cc21)-c1ccc(-c2ccc(/C=C/c4ccc5c(c4)c4ccccc4n5-c4cccc5ccccc45)cc2)cc1C3(C)C. The van der Waals surface area contributed by atoms with Crippen molar-refractivity contribution in [1.82, 2.24) is 9.13 Å². The molecule has 0 atom stereocenters. The molecule has 0 aliphatic heterocycles. The summed E-state index contributed by atoms with van der Waals surface area (Å²) in [6, 6.07) is 98.6. The molecule has 15 aromatic rings. The van der Waals surface area contributed by atoms with E-state index >= 15 is 0 Å². The van der Waals surface area contributed by atoms with Crippen LogP contribution in [0, 0.1) is 0 Å². The lowest BCUT2D eigenvalue weighted by Gasteiger charge is -2.23. The van der Waals surface area contributed by atoms with Crippen LogP contribution in [-0.4, -0.2) is 9.13 Å². The second-order valence-corrected chi connectivity index (χ2v) is 23.7. The van der Waals surface area contributed by atoms with Gasteiger partial charge in [0, 0.05) is 37.7 Å². The topological polar surface area (TPSA) is 9.86 Å². The van der Waals surface area contributed by atoms with Crippen LogP contribution in [0.1, 0.15) is 58.4 Å². The highest BCUT2D eigenvalue weighted by Crippen LogP contribution is 2.55. The Balaban J connectivity index is 0.602. The Morgan fingerprint density at radius 2 is 0.694 bits per heavy atom. The van der Waals surface area contributed by atoms with E-state index in [1.807, 2.05) is 0 Å². The van der Waals surface area contributed by atoms with Gasteiger partial charge in [0.05, 0.1) is 33.4 Å². The third kappa shape index (κ3) is 7.72. The smallest absolute Gasteiger partial charge is 0.0541 e. The first kappa shape index (κ1) is 48.9. The van der Waals surface area contributed by atoms with Crippen molar-refractivity contribution in [2.24, 2.45) is 0 Å². The molecule has 0 radical (unpaired) electrons. The van der Waals surface area contributed by atoms with Crippen molar-refractivity contribution in [1.29, 1.82) is 0 Å². The van der Waals surface area contributed by atoms with Gasteiger partial charge < -0.3 is 9.13 Å². The van der Waals surface area contributed by atoms with Crippen LogP contribution >= 0.6 is 0 Å². The van der Waals surface area contributed by atoms with Gasteiger partial charge in [0.2, 0.25) is 0 Å². The van der Waals surface area contributed by atoms with Gasteiger partial charge in [-0.2, -0.15) is 0 Å². The van der Waals surface area contributed by atoms with Crippen LogP contribution in [0.5, 0.6) is 0 Å². The van der Waals surface area contributed by atoms with Gasteiger partial charge in [0.1, 0.15) is 0 Å². The molecule has 0 spiro atoms. The van der Waals surface area contributed by atoms with Gasteiger partial charge in [-0.05, 0) is 178 Å². The molecule has 0 fully saturated rings. The highest BCUT2D eigenvalue weighted by Gasteiger charge is 2.38. The molecule has 2 heteroatoms. The van der Waals surface area contributed by atoms with Gasteiger partial charge in [-0.25, -0.2) is 0 Å². The number of para-hydroxylation sites is 2. The Labute approximate surface area is 494 Å². The fourth-order valence-electron chi connectivity index (χ4n) is 14.3. The van der Waals surface area contributed by atoms with Crippen molar-refractivity contribution in [3.8, 4) is 55.9 Å². The first-order chi connectivity index (χ1) is 41.8. The van der Waals surface area contributed by atoms with Gasteiger partial charge in [-0.1, -0.05) is 239 Å². The predicted octanol–water partition coefficient (Wildman–Crippen LogP) is 22.2. The lowest BCUT2D eigenvalue weighted by atomic mass is 9.80. The summed E-state index contributed by atoms with van der Waals surface area (Å²) in [5.74, 6) is 0. The van der Waals surface area contributed by atoms with Crippen molar-refractivity contribution in [2.45, 2.75) is 19.3 Å². The molecule has 2 nitrogen and oxygen atoms in total. The van der Waals surface area contributed by atoms with Crippen LogP contribution in [-0.2, 0) is 5.41 Å². The van der Waals surface area contributed by atoms with Crippen molar-refractivity contribution in [3.05, 3.63) is 318 Å². The van der Waals surface area contributed by atoms with Crippen LogP contribution in [0.25, 0.3) is 151 Å². The summed E-state index contributed by atoms with van der Waals surface area (Å²) in [5, 5.41) is 10.00. The third-order valence-corrected chi connectivity index (χ3v) is 18.6. The molecule has 0 N–H and O–H groups in total. The van der Waals surface area contributed by atoms with Gasteiger partial charge >= 0.3 is 0 Å². The molecule has 0 saturated heterocycles. The van der Waals surface area contributed by atoms with Crippen molar-refractivity contribution in [2.75, 3.05) is 0 Å². The molecule has 0 amide bonds. The van der Waals surface area contributed by atoms with Gasteiger partial charge in [-0.3, -0.25) is 0 Å². The van der Waals surface area contributed by atoms with Gasteiger partial charge in [0.15, 0.2) is 0 Å². The number of rotatable bonds is 8. The molecule has 13 aromatic carbocycles. The summed E-state index contributed by atoms with van der Waals surface area (Å²) >= 11 is 0. The number of benzene rings is 13. The molecule has 2 heterocycles. The standard InChI is InChI=1S/C83H56N2/c1-52-69-48-61(57-36-30-53(31-37-57)26-28-55-34-44-81-73(46-55)67-20-8-10-22-79(67)84(81)77-24-12-16-59-14-4-6-18-63(59)77)40-42-65(69)71-51-76-72(50-70(52)71)66-43-41-62(49-75(66)83(76,2)3)58-38-32-54(33-39-58)27-29-56-35-45-82-74(47-56)68-21-9-11-23-80(68)85(82)78-25-13-17-60-15-5-7-19-64(60)78/h4-51H,1H2,2-3H3/b28-26+,29-27+. The number of aromatic nitrogens is 2. The third-order valence-electron chi connectivity index (χ3n) is 18.6. The van der Waals surface area contributed by atoms with E-state index in [1.54, 1.807) is 0 Å². The van der Waals surface area contributed by atoms with Crippen LogP contribution in [0.15, 0.2) is 273 Å². The van der Waals surface area contributed by atoms with E-state index in [1.165, 1.54) is 160 Å². The second kappa shape index (κ2) is 18.9. The highest BCUT2D eigenvalue weighted by molar-refractivity contribution is 6.13. The fraction of sp³-hybridized carbons (Fsp3) is 0.0361. The van der Waals surface area contributed by atoms with Crippen LogP contribution in [0.4, 0.5) is 0 Å². The molecule has 0 saturated carbocycles. The van der Waals surface area contributed by atoms with Crippen LogP contribution in [0.3, 0.4) is 0 Å². The van der Waals surface area contributed by atoms with Crippen LogP contribution < -0.4 is 0 Å². The Morgan fingerprint density at radius 1 is 0.282 bits per heavy atom. The number of fused-ring (bicyclic) bond motifs is 14. The van der Waals surface area contributed by atoms with E-state index in [0.717, 1.165) is 11.1 Å². The zero-order valence-electron chi connectivity index (χ0n) is 47.3. The molecule has 2 aliphatic carbocycles. The van der Waals surface area contributed by atoms with Crippen molar-refractivity contribution < 1.29 is 0 Å². The minimum absolute atomic E-state index is 0.174. The summed E-state index contributed by atoms with van der Waals surface area (Å²) in [7, 11) is 0. The highest BCUT2D eigenvalue weighted by atomic mass is 15.0. The summed E-state index contributed by atoms with van der Waals surface area (Å²) in [6.07, 6.45) is 8.93. The average Bonchev–Trinajstić information content (AvgIpc) is 3.46. The van der Waals surface area contributed by atoms with Crippen molar-refractivity contribution in [3.63, 3.8) is 0 Å². The van der Waals surface area contributed by atoms with E-state index in [9.17, 15) is 0 Å². The number of nitrogens with zero attached hydrogens (tertiary/aromatic N) is 2.